The first kappa shape index (κ1) is 19.4. The molecule has 0 aliphatic carbocycles. The van der Waals surface area contributed by atoms with Gasteiger partial charge in [0.25, 0.3) is 0 Å². The number of hydrogen-bond donors (Lipinski definition) is 2. The lowest BCUT2D eigenvalue weighted by Crippen LogP contribution is -2.29. The van der Waals surface area contributed by atoms with Crippen LogP contribution in [0.2, 0.25) is 5.02 Å². The average molecular weight is 399 g/mol. The zero-order valence-corrected chi connectivity index (χ0v) is 16.3. The number of nitrogens with two attached hydrogens (primary N) is 1. The molecule has 0 bridgehead atoms. The van der Waals surface area contributed by atoms with Gasteiger partial charge in [-0.1, -0.05) is 30.7 Å². The average Bonchev–Trinajstić information content (AvgIpc) is 3.14. The van der Waals surface area contributed by atoms with Crippen LogP contribution in [0, 0.1) is 11.3 Å². The molecule has 3 aromatic rings. The highest BCUT2D eigenvalue weighted by molar-refractivity contribution is 7.18. The lowest BCUT2D eigenvalue weighted by Gasteiger charge is -2.12. The van der Waals surface area contributed by atoms with Gasteiger partial charge in [0.05, 0.1) is 10.6 Å². The van der Waals surface area contributed by atoms with Crippen LogP contribution in [0.1, 0.15) is 23.8 Å². The highest BCUT2D eigenvalue weighted by atomic mass is 35.5. The molecule has 7 heteroatoms. The normalized spacial score (nSPS) is 12.0. The Bertz CT molecular complexity index is 967. The molecule has 0 saturated heterocycles. The summed E-state index contributed by atoms with van der Waals surface area (Å²) in [6.45, 7) is 2.18. The summed E-state index contributed by atoms with van der Waals surface area (Å²) in [4.78, 5) is 22.3. The van der Waals surface area contributed by atoms with Crippen molar-refractivity contribution >= 4 is 34.4 Å². The number of thiazole rings is 1. The number of halogens is 1. The Balaban J connectivity index is 2.12. The maximum atomic E-state index is 13.0. The van der Waals surface area contributed by atoms with Crippen LogP contribution in [0.4, 0.5) is 0 Å². The quantitative estimate of drug-likeness (QED) is 0.445. The number of ketones is 1. The zero-order chi connectivity index (χ0) is 19.4. The molecule has 0 aliphatic rings. The molecular weight excluding hydrogens is 380 g/mol. The molecule has 27 heavy (non-hydrogen) atoms. The van der Waals surface area contributed by atoms with Crippen LogP contribution in [0.25, 0.3) is 21.0 Å². The van der Waals surface area contributed by atoms with Crippen molar-refractivity contribution in [2.45, 2.75) is 13.3 Å². The standard InChI is InChI=1S/C20H19ClN4OS/c1-2-12(11-22)16(23)18(26)17-19(14-4-3-5-15(21)10-14)27-20(25-17)13-6-8-24-9-7-13/h3-10,12,23H,2,11,22H2,1H3/t12-/m0/s1. The smallest absolute Gasteiger partial charge is 0.226 e. The summed E-state index contributed by atoms with van der Waals surface area (Å²) < 4.78 is 0. The second-order valence-corrected chi connectivity index (χ2v) is 7.46. The Morgan fingerprint density at radius 1 is 1.26 bits per heavy atom. The van der Waals surface area contributed by atoms with E-state index in [2.05, 4.69) is 9.97 Å². The highest BCUT2D eigenvalue weighted by Gasteiger charge is 2.26. The number of carbonyl (C=O) groups excluding carboxylic acids is 1. The molecular formula is C20H19ClN4OS. The SMILES string of the molecule is CC[C@@H](CN)C(=N)C(=O)c1nc(-c2ccncc2)sc1-c1cccc(Cl)c1. The van der Waals surface area contributed by atoms with Gasteiger partial charge < -0.3 is 11.1 Å². The lowest BCUT2D eigenvalue weighted by atomic mass is 9.95. The van der Waals surface area contributed by atoms with Crippen molar-refractivity contribution in [3.63, 3.8) is 0 Å². The highest BCUT2D eigenvalue weighted by Crippen LogP contribution is 2.37. The van der Waals surface area contributed by atoms with Gasteiger partial charge in [-0.05, 0) is 36.2 Å². The Kier molecular flexibility index (Phi) is 6.11. The summed E-state index contributed by atoms with van der Waals surface area (Å²) in [6.07, 6.45) is 4.00. The molecule has 1 atom stereocenters. The van der Waals surface area contributed by atoms with Gasteiger partial charge >= 0.3 is 0 Å². The Morgan fingerprint density at radius 3 is 2.63 bits per heavy atom. The lowest BCUT2D eigenvalue weighted by molar-refractivity contribution is 0.105. The predicted octanol–water partition coefficient (Wildman–Crippen LogP) is 4.71. The van der Waals surface area contributed by atoms with Gasteiger partial charge in [0.2, 0.25) is 5.78 Å². The summed E-state index contributed by atoms with van der Waals surface area (Å²) in [6, 6.07) is 11.0. The number of rotatable bonds is 7. The molecule has 3 N–H and O–H groups in total. The Labute approximate surface area is 166 Å². The van der Waals surface area contributed by atoms with Crippen molar-refractivity contribution in [3.8, 4) is 21.0 Å². The van der Waals surface area contributed by atoms with Crippen LogP contribution in [0.5, 0.6) is 0 Å². The third-order valence-corrected chi connectivity index (χ3v) is 5.68. The van der Waals surface area contributed by atoms with Crippen LogP contribution in [0.3, 0.4) is 0 Å². The number of carbonyl (C=O) groups is 1. The van der Waals surface area contributed by atoms with E-state index in [-0.39, 0.29) is 29.7 Å². The van der Waals surface area contributed by atoms with Gasteiger partial charge in [-0.25, -0.2) is 4.98 Å². The molecule has 0 fully saturated rings. The topological polar surface area (TPSA) is 92.7 Å². The van der Waals surface area contributed by atoms with E-state index in [1.54, 1.807) is 24.5 Å². The minimum Gasteiger partial charge on any atom is -0.330 e. The largest absolute Gasteiger partial charge is 0.330 e. The van der Waals surface area contributed by atoms with Crippen molar-refractivity contribution in [1.29, 1.82) is 5.41 Å². The molecule has 2 aromatic heterocycles. The van der Waals surface area contributed by atoms with Gasteiger partial charge in [-0.3, -0.25) is 9.78 Å². The van der Waals surface area contributed by atoms with Crippen LogP contribution >= 0.6 is 22.9 Å². The van der Waals surface area contributed by atoms with E-state index in [1.165, 1.54) is 11.3 Å². The first-order valence-electron chi connectivity index (χ1n) is 8.55. The van der Waals surface area contributed by atoms with Gasteiger partial charge in [0.15, 0.2) is 0 Å². The number of benzene rings is 1. The third kappa shape index (κ3) is 4.13. The minimum atomic E-state index is -0.390. The third-order valence-electron chi connectivity index (χ3n) is 4.29. The predicted molar refractivity (Wildman–Crippen MR) is 111 cm³/mol. The van der Waals surface area contributed by atoms with Crippen LogP contribution in [-0.2, 0) is 0 Å². The number of aromatic nitrogens is 2. The maximum Gasteiger partial charge on any atom is 0.226 e. The van der Waals surface area contributed by atoms with E-state index in [9.17, 15) is 4.79 Å². The Morgan fingerprint density at radius 2 is 2.00 bits per heavy atom. The summed E-state index contributed by atoms with van der Waals surface area (Å²) in [5.41, 5.74) is 7.67. The number of pyridine rings is 1. The van der Waals surface area contributed by atoms with Crippen LogP contribution in [-0.4, -0.2) is 28.0 Å². The molecule has 5 nitrogen and oxygen atoms in total. The first-order valence-corrected chi connectivity index (χ1v) is 9.75. The van der Waals surface area contributed by atoms with E-state index >= 15 is 0 Å². The van der Waals surface area contributed by atoms with Crippen molar-refractivity contribution in [2.24, 2.45) is 11.7 Å². The fraction of sp³-hybridized carbons (Fsp3) is 0.200. The van der Waals surface area contributed by atoms with Crippen molar-refractivity contribution in [1.82, 2.24) is 9.97 Å². The zero-order valence-electron chi connectivity index (χ0n) is 14.8. The van der Waals surface area contributed by atoms with Crippen LogP contribution < -0.4 is 5.73 Å². The number of Topliss-reactive ketones (excluding diaryl/α,β-unsaturated/α-hetero) is 1. The first-order chi connectivity index (χ1) is 13.0. The molecule has 138 valence electrons. The molecule has 0 amide bonds. The van der Waals surface area contributed by atoms with Gasteiger partial charge in [-0.15, -0.1) is 11.3 Å². The summed E-state index contributed by atoms with van der Waals surface area (Å²) in [5.74, 6) is -0.672. The molecule has 0 saturated carbocycles. The van der Waals surface area contributed by atoms with Gasteiger partial charge in [0, 0.05) is 35.4 Å². The number of nitrogens with zero attached hydrogens (tertiary/aromatic N) is 2. The number of nitrogens with one attached hydrogen (secondary N) is 1. The molecule has 0 radical (unpaired) electrons. The molecule has 3 rings (SSSR count). The molecule has 0 unspecified atom stereocenters. The summed E-state index contributed by atoms with van der Waals surface area (Å²) in [7, 11) is 0. The molecule has 1 aromatic carbocycles. The van der Waals surface area contributed by atoms with E-state index in [0.29, 0.717) is 21.3 Å². The fourth-order valence-electron chi connectivity index (χ4n) is 2.72. The van der Waals surface area contributed by atoms with E-state index in [0.717, 1.165) is 11.1 Å². The van der Waals surface area contributed by atoms with E-state index < -0.39 is 0 Å². The van der Waals surface area contributed by atoms with E-state index in [4.69, 9.17) is 22.7 Å². The Hall–Kier alpha value is -2.41. The summed E-state index contributed by atoms with van der Waals surface area (Å²) >= 11 is 7.54. The van der Waals surface area contributed by atoms with Crippen molar-refractivity contribution < 1.29 is 4.79 Å². The second-order valence-electron chi connectivity index (χ2n) is 6.03. The fourth-order valence-corrected chi connectivity index (χ4v) is 3.97. The monoisotopic (exact) mass is 398 g/mol. The second kappa shape index (κ2) is 8.52. The minimum absolute atomic E-state index is 0.00476. The van der Waals surface area contributed by atoms with Gasteiger partial charge in [-0.2, -0.15) is 0 Å². The van der Waals surface area contributed by atoms with Crippen molar-refractivity contribution in [2.75, 3.05) is 6.54 Å². The molecule has 0 aliphatic heterocycles. The maximum absolute atomic E-state index is 13.0. The van der Waals surface area contributed by atoms with Gasteiger partial charge in [0.1, 0.15) is 10.7 Å². The van der Waals surface area contributed by atoms with E-state index in [1.807, 2.05) is 31.2 Å². The van der Waals surface area contributed by atoms with Crippen LogP contribution in [0.15, 0.2) is 48.8 Å². The number of hydrogen-bond acceptors (Lipinski definition) is 6. The molecule has 0 spiro atoms. The molecule has 2 heterocycles. The summed E-state index contributed by atoms with van der Waals surface area (Å²) in [5, 5.41) is 9.58. The van der Waals surface area contributed by atoms with Crippen molar-refractivity contribution in [3.05, 3.63) is 59.5 Å².